The smallest absolute Gasteiger partial charge is 0.348 e. The number of nitrogens with one attached hydrogen (secondary N) is 2. The van der Waals surface area contributed by atoms with Crippen LogP contribution in [0.4, 0.5) is 9.80 Å². The third-order valence-electron chi connectivity index (χ3n) is 5.93. The molecule has 1 aromatic heterocycles. The molecule has 1 saturated heterocycles. The third kappa shape index (κ3) is 3.75. The van der Waals surface area contributed by atoms with Crippen LogP contribution in [0, 0.1) is 18.8 Å². The van der Waals surface area contributed by atoms with Crippen LogP contribution in [0.1, 0.15) is 55.3 Å². The van der Waals surface area contributed by atoms with E-state index in [0.717, 1.165) is 35.5 Å². The highest BCUT2D eigenvalue weighted by molar-refractivity contribution is 7.18. The number of amides is 4. The number of thiophene rings is 1. The first-order valence-electron chi connectivity index (χ1n) is 9.92. The lowest BCUT2D eigenvalue weighted by Crippen LogP contribution is -2.59. The van der Waals surface area contributed by atoms with Gasteiger partial charge >= 0.3 is 12.0 Å². The van der Waals surface area contributed by atoms with E-state index < -0.39 is 23.4 Å². The molecule has 2 aliphatic rings. The Labute approximate surface area is 174 Å². The first-order valence-corrected chi connectivity index (χ1v) is 10.7. The first-order chi connectivity index (χ1) is 13.7. The zero-order valence-electron chi connectivity index (χ0n) is 17.2. The fourth-order valence-corrected chi connectivity index (χ4v) is 5.34. The van der Waals surface area contributed by atoms with Crippen LogP contribution < -0.4 is 10.6 Å². The summed E-state index contributed by atoms with van der Waals surface area (Å²) < 4.78 is 5.00. The summed E-state index contributed by atoms with van der Waals surface area (Å²) in [5, 5.41) is 6.03. The number of ether oxygens (including phenoxy) is 1. The van der Waals surface area contributed by atoms with E-state index >= 15 is 0 Å². The van der Waals surface area contributed by atoms with E-state index in [4.69, 9.17) is 4.74 Å². The van der Waals surface area contributed by atoms with Crippen molar-refractivity contribution < 1.29 is 23.9 Å². The summed E-state index contributed by atoms with van der Waals surface area (Å²) in [4.78, 5) is 51.5. The van der Waals surface area contributed by atoms with Gasteiger partial charge in [-0.3, -0.25) is 14.5 Å². The van der Waals surface area contributed by atoms with E-state index in [1.165, 1.54) is 0 Å². The minimum atomic E-state index is -0.924. The minimum Gasteiger partial charge on any atom is -0.462 e. The van der Waals surface area contributed by atoms with Crippen molar-refractivity contribution in [2.24, 2.45) is 11.8 Å². The van der Waals surface area contributed by atoms with Gasteiger partial charge in [-0.15, -0.1) is 11.3 Å². The van der Waals surface area contributed by atoms with Gasteiger partial charge < -0.3 is 15.4 Å². The number of hydrogen-bond donors (Lipinski definition) is 2. The number of nitrogens with zero attached hydrogens (tertiary/aromatic N) is 1. The van der Waals surface area contributed by atoms with E-state index in [0.29, 0.717) is 15.4 Å². The Morgan fingerprint density at radius 1 is 1.31 bits per heavy atom. The molecule has 9 heteroatoms. The van der Waals surface area contributed by atoms with Crippen molar-refractivity contribution in [2.75, 3.05) is 18.5 Å². The largest absolute Gasteiger partial charge is 0.462 e. The van der Waals surface area contributed by atoms with Crippen LogP contribution in [0.3, 0.4) is 0 Å². The van der Waals surface area contributed by atoms with Crippen LogP contribution >= 0.6 is 11.3 Å². The predicted octanol–water partition coefficient (Wildman–Crippen LogP) is 2.92. The molecular weight excluding hydrogens is 394 g/mol. The number of hydrogen-bond acceptors (Lipinski definition) is 6. The van der Waals surface area contributed by atoms with Crippen LogP contribution in [0.25, 0.3) is 0 Å². The lowest BCUT2D eigenvalue weighted by atomic mass is 9.67. The molecule has 1 aliphatic carbocycles. The highest BCUT2D eigenvalue weighted by Crippen LogP contribution is 2.42. The van der Waals surface area contributed by atoms with Crippen molar-refractivity contribution >= 4 is 40.2 Å². The SMILES string of the molecule is CCOC(=O)c1sc(NC(=O)CN2C(=O)NC3(C2=O)[C@H](C)CCC[C@@H]3C)cc1C. The molecule has 1 aromatic rings. The summed E-state index contributed by atoms with van der Waals surface area (Å²) in [6.45, 7) is 7.33. The van der Waals surface area contributed by atoms with Crippen molar-refractivity contribution in [3.05, 3.63) is 16.5 Å². The number of urea groups is 1. The van der Waals surface area contributed by atoms with Crippen LogP contribution in [0.2, 0.25) is 0 Å². The molecule has 4 amide bonds. The molecule has 0 radical (unpaired) electrons. The number of carbonyl (C=O) groups is 4. The Balaban J connectivity index is 1.70. The Hall–Kier alpha value is -2.42. The maximum absolute atomic E-state index is 13.1. The average Bonchev–Trinajstić information content (AvgIpc) is 3.13. The normalized spacial score (nSPS) is 26.6. The van der Waals surface area contributed by atoms with Crippen molar-refractivity contribution in [2.45, 2.75) is 52.5 Å². The summed E-state index contributed by atoms with van der Waals surface area (Å²) >= 11 is 1.11. The third-order valence-corrected chi connectivity index (χ3v) is 7.06. The number of imide groups is 1. The highest BCUT2D eigenvalue weighted by atomic mass is 32.1. The molecule has 2 N–H and O–H groups in total. The first kappa shape index (κ1) is 21.3. The molecule has 0 bridgehead atoms. The number of anilines is 1. The Bertz CT molecular complexity index is 839. The molecule has 8 nitrogen and oxygen atoms in total. The van der Waals surface area contributed by atoms with Crippen molar-refractivity contribution in [1.82, 2.24) is 10.2 Å². The van der Waals surface area contributed by atoms with Crippen LogP contribution in [0.15, 0.2) is 6.07 Å². The summed E-state index contributed by atoms with van der Waals surface area (Å²) in [7, 11) is 0. The lowest BCUT2D eigenvalue weighted by Gasteiger charge is -2.42. The van der Waals surface area contributed by atoms with E-state index in [-0.39, 0.29) is 30.9 Å². The van der Waals surface area contributed by atoms with Gasteiger partial charge in [-0.05, 0) is 50.2 Å². The van der Waals surface area contributed by atoms with Crippen molar-refractivity contribution in [3.63, 3.8) is 0 Å². The highest BCUT2D eigenvalue weighted by Gasteiger charge is 2.58. The van der Waals surface area contributed by atoms with Crippen LogP contribution in [-0.2, 0) is 14.3 Å². The molecule has 3 rings (SSSR count). The Morgan fingerprint density at radius 2 is 1.97 bits per heavy atom. The summed E-state index contributed by atoms with van der Waals surface area (Å²) in [5.74, 6) is -1.22. The molecule has 0 aromatic carbocycles. The molecule has 29 heavy (non-hydrogen) atoms. The van der Waals surface area contributed by atoms with Gasteiger partial charge in [0.15, 0.2) is 0 Å². The number of esters is 1. The van der Waals surface area contributed by atoms with Crippen LogP contribution in [-0.4, -0.2) is 47.4 Å². The van der Waals surface area contributed by atoms with Gasteiger partial charge in [0.1, 0.15) is 17.0 Å². The summed E-state index contributed by atoms with van der Waals surface area (Å²) in [6.07, 6.45) is 2.75. The van der Waals surface area contributed by atoms with Crippen LogP contribution in [0.5, 0.6) is 0 Å². The Kier molecular flexibility index (Phi) is 5.97. The second-order valence-electron chi connectivity index (χ2n) is 7.81. The summed E-state index contributed by atoms with van der Waals surface area (Å²) in [5.41, 5.74) is -0.228. The molecule has 3 atom stereocenters. The van der Waals surface area contributed by atoms with Gasteiger partial charge in [0.25, 0.3) is 5.91 Å². The van der Waals surface area contributed by atoms with Crippen molar-refractivity contribution in [3.8, 4) is 0 Å². The second-order valence-corrected chi connectivity index (χ2v) is 8.87. The zero-order chi connectivity index (χ0) is 21.3. The Morgan fingerprint density at radius 3 is 2.59 bits per heavy atom. The van der Waals surface area contributed by atoms with E-state index in [1.807, 2.05) is 13.8 Å². The molecule has 158 valence electrons. The molecule has 1 spiro atoms. The molecular formula is C20H27N3O5S. The molecule has 1 saturated carbocycles. The van der Waals surface area contributed by atoms with Gasteiger partial charge in [-0.25, -0.2) is 9.59 Å². The average molecular weight is 422 g/mol. The molecule has 2 heterocycles. The molecule has 1 unspecified atom stereocenters. The van der Waals surface area contributed by atoms with Gasteiger partial charge in [-0.1, -0.05) is 20.3 Å². The standard InChI is InChI=1S/C20H27N3O5S/c1-5-28-17(25)16-11(2)9-15(29-16)21-14(24)10-23-18(26)20(22-19(23)27)12(3)7-6-8-13(20)4/h9,12-13H,5-8,10H2,1-4H3,(H,21,24)(H,22,27)/t12-,13+,20?. The van der Waals surface area contributed by atoms with E-state index in [9.17, 15) is 19.2 Å². The minimum absolute atomic E-state index is 0.0165. The second kappa shape index (κ2) is 8.14. The number of carbonyl (C=O) groups excluding carboxylic acids is 4. The monoisotopic (exact) mass is 421 g/mol. The fraction of sp³-hybridized carbons (Fsp3) is 0.600. The van der Waals surface area contributed by atoms with E-state index in [2.05, 4.69) is 10.6 Å². The summed E-state index contributed by atoms with van der Waals surface area (Å²) in [6, 6.07) is 1.15. The zero-order valence-corrected chi connectivity index (χ0v) is 18.0. The molecule has 1 aliphatic heterocycles. The van der Waals surface area contributed by atoms with E-state index in [1.54, 1.807) is 19.9 Å². The fourth-order valence-electron chi connectivity index (χ4n) is 4.36. The van der Waals surface area contributed by atoms with Gasteiger partial charge in [-0.2, -0.15) is 0 Å². The lowest BCUT2D eigenvalue weighted by molar-refractivity contribution is -0.138. The van der Waals surface area contributed by atoms with Gasteiger partial charge in [0, 0.05) is 0 Å². The number of aryl methyl sites for hydroxylation is 1. The number of rotatable bonds is 5. The maximum Gasteiger partial charge on any atom is 0.348 e. The van der Waals surface area contributed by atoms with Crippen molar-refractivity contribution in [1.29, 1.82) is 0 Å². The van der Waals surface area contributed by atoms with Gasteiger partial charge in [0.05, 0.1) is 11.6 Å². The molecule has 2 fully saturated rings. The topological polar surface area (TPSA) is 105 Å². The quantitative estimate of drug-likeness (QED) is 0.562. The predicted molar refractivity (Wildman–Crippen MR) is 109 cm³/mol. The van der Waals surface area contributed by atoms with Gasteiger partial charge in [0.2, 0.25) is 5.91 Å². The maximum atomic E-state index is 13.1.